The van der Waals surface area contributed by atoms with Gasteiger partial charge in [-0.1, -0.05) is 0 Å². The normalized spacial score (nSPS) is 11.2. The molecular formula is C12H18FNO3. The molecule has 0 bridgehead atoms. The van der Waals surface area contributed by atoms with Gasteiger partial charge in [-0.05, 0) is 25.2 Å². The molecule has 17 heavy (non-hydrogen) atoms. The largest absolute Gasteiger partial charge is 0.496 e. The molecule has 0 aromatic heterocycles. The van der Waals surface area contributed by atoms with Crippen molar-refractivity contribution in [2.45, 2.75) is 12.6 Å². The van der Waals surface area contributed by atoms with Gasteiger partial charge >= 0.3 is 0 Å². The Hall–Kier alpha value is -1.17. The standard InChI is InChI=1S/C12H18FNO3/c1-14(11(7-15)8-16)6-9-5-10(13)3-4-12(9)17-2/h3-5,11,15-16H,6-8H2,1-2H3. The van der Waals surface area contributed by atoms with Crippen LogP contribution in [0.1, 0.15) is 5.56 Å². The van der Waals surface area contributed by atoms with Gasteiger partial charge in [-0.25, -0.2) is 4.39 Å². The minimum Gasteiger partial charge on any atom is -0.496 e. The second kappa shape index (κ2) is 6.54. The molecule has 0 amide bonds. The topological polar surface area (TPSA) is 52.9 Å². The van der Waals surface area contributed by atoms with Gasteiger partial charge in [-0.15, -0.1) is 0 Å². The summed E-state index contributed by atoms with van der Waals surface area (Å²) in [5.41, 5.74) is 0.682. The molecule has 1 aromatic carbocycles. The number of aliphatic hydroxyl groups excluding tert-OH is 2. The molecule has 0 heterocycles. The number of benzene rings is 1. The van der Waals surface area contributed by atoms with Gasteiger partial charge in [-0.2, -0.15) is 0 Å². The summed E-state index contributed by atoms with van der Waals surface area (Å²) < 4.78 is 18.3. The molecule has 4 nitrogen and oxygen atoms in total. The first-order valence-corrected chi connectivity index (χ1v) is 5.36. The van der Waals surface area contributed by atoms with Gasteiger partial charge < -0.3 is 14.9 Å². The lowest BCUT2D eigenvalue weighted by atomic mass is 10.1. The highest BCUT2D eigenvalue weighted by molar-refractivity contribution is 5.33. The van der Waals surface area contributed by atoms with E-state index in [2.05, 4.69) is 0 Å². The predicted octanol–water partition coefficient (Wildman–Crippen LogP) is 0.619. The number of likely N-dealkylation sites (N-methyl/N-ethyl adjacent to an activating group) is 1. The first-order valence-electron chi connectivity index (χ1n) is 5.36. The maximum atomic E-state index is 13.1. The minimum atomic E-state index is -0.358. The van der Waals surface area contributed by atoms with E-state index >= 15 is 0 Å². The van der Waals surface area contributed by atoms with Crippen LogP contribution in [0.25, 0.3) is 0 Å². The maximum absolute atomic E-state index is 13.1. The predicted molar refractivity (Wildman–Crippen MR) is 62.4 cm³/mol. The highest BCUT2D eigenvalue weighted by Gasteiger charge is 2.15. The van der Waals surface area contributed by atoms with E-state index in [-0.39, 0.29) is 25.1 Å². The summed E-state index contributed by atoms with van der Waals surface area (Å²) in [6, 6.07) is 3.92. The van der Waals surface area contributed by atoms with Gasteiger partial charge in [0.25, 0.3) is 0 Å². The van der Waals surface area contributed by atoms with Crippen LogP contribution in [-0.4, -0.2) is 48.5 Å². The van der Waals surface area contributed by atoms with Gasteiger partial charge in [0.1, 0.15) is 11.6 Å². The SMILES string of the molecule is COc1ccc(F)cc1CN(C)C(CO)CO. The molecule has 0 fully saturated rings. The molecule has 1 rings (SSSR count). The molecular weight excluding hydrogens is 225 g/mol. The Labute approximate surface area is 100 Å². The van der Waals surface area contributed by atoms with Crippen LogP contribution in [0.5, 0.6) is 5.75 Å². The Balaban J connectivity index is 2.82. The molecule has 0 spiro atoms. The van der Waals surface area contributed by atoms with E-state index in [0.29, 0.717) is 17.9 Å². The number of methoxy groups -OCH3 is 1. The number of rotatable bonds is 6. The third-order valence-electron chi connectivity index (χ3n) is 2.71. The monoisotopic (exact) mass is 243 g/mol. The lowest BCUT2D eigenvalue weighted by molar-refractivity contribution is 0.0868. The van der Waals surface area contributed by atoms with E-state index in [9.17, 15) is 4.39 Å². The van der Waals surface area contributed by atoms with Crippen molar-refractivity contribution in [1.82, 2.24) is 4.90 Å². The summed E-state index contributed by atoms with van der Waals surface area (Å²) in [7, 11) is 3.27. The Bertz CT molecular complexity index is 356. The summed E-state index contributed by atoms with van der Waals surface area (Å²) in [6.07, 6.45) is 0. The van der Waals surface area contributed by atoms with Crippen LogP contribution in [0.2, 0.25) is 0 Å². The summed E-state index contributed by atoms with van der Waals surface area (Å²) >= 11 is 0. The zero-order chi connectivity index (χ0) is 12.8. The molecule has 0 atom stereocenters. The maximum Gasteiger partial charge on any atom is 0.123 e. The lowest BCUT2D eigenvalue weighted by Crippen LogP contribution is -2.37. The zero-order valence-corrected chi connectivity index (χ0v) is 10.1. The van der Waals surface area contributed by atoms with Crippen molar-refractivity contribution in [1.29, 1.82) is 0 Å². The third kappa shape index (κ3) is 3.66. The van der Waals surface area contributed by atoms with Gasteiger partial charge in [0.15, 0.2) is 0 Å². The van der Waals surface area contributed by atoms with Crippen LogP contribution >= 0.6 is 0 Å². The zero-order valence-electron chi connectivity index (χ0n) is 10.1. The summed E-state index contributed by atoms with van der Waals surface area (Å²) in [5.74, 6) is 0.256. The molecule has 2 N–H and O–H groups in total. The van der Waals surface area contributed by atoms with Crippen LogP contribution in [0.3, 0.4) is 0 Å². The molecule has 96 valence electrons. The summed E-state index contributed by atoms with van der Waals surface area (Å²) in [6.45, 7) is 0.0992. The first kappa shape index (κ1) is 13.9. The fraction of sp³-hybridized carbons (Fsp3) is 0.500. The lowest BCUT2D eigenvalue weighted by Gasteiger charge is -2.25. The molecule has 5 heteroatoms. The Morgan fingerprint density at radius 2 is 2.00 bits per heavy atom. The van der Waals surface area contributed by atoms with Crippen molar-refractivity contribution in [2.75, 3.05) is 27.4 Å². The third-order valence-corrected chi connectivity index (χ3v) is 2.71. The summed E-state index contributed by atoms with van der Waals surface area (Å²) in [4.78, 5) is 1.75. The van der Waals surface area contributed by atoms with Crippen molar-refractivity contribution < 1.29 is 19.3 Å². The minimum absolute atomic E-state index is 0.148. The Morgan fingerprint density at radius 1 is 1.35 bits per heavy atom. The summed E-state index contributed by atoms with van der Waals surface area (Å²) in [5, 5.41) is 18.1. The van der Waals surface area contributed by atoms with E-state index in [4.69, 9.17) is 14.9 Å². The first-order chi connectivity index (χ1) is 8.12. The average Bonchev–Trinajstić information content (AvgIpc) is 2.31. The molecule has 0 aliphatic heterocycles. The fourth-order valence-corrected chi connectivity index (χ4v) is 1.61. The number of nitrogens with zero attached hydrogens (tertiary/aromatic N) is 1. The van der Waals surface area contributed by atoms with E-state index in [1.165, 1.54) is 19.2 Å². The molecule has 0 radical (unpaired) electrons. The molecule has 0 aliphatic carbocycles. The number of halogens is 1. The number of aliphatic hydroxyl groups is 2. The van der Waals surface area contributed by atoms with Crippen LogP contribution in [-0.2, 0) is 6.54 Å². The van der Waals surface area contributed by atoms with Crippen LogP contribution in [0.4, 0.5) is 4.39 Å². The van der Waals surface area contributed by atoms with Crippen molar-refractivity contribution in [2.24, 2.45) is 0 Å². The molecule has 0 aliphatic rings. The van der Waals surface area contributed by atoms with E-state index < -0.39 is 0 Å². The van der Waals surface area contributed by atoms with Gasteiger partial charge in [0.2, 0.25) is 0 Å². The molecule has 0 unspecified atom stereocenters. The number of hydrogen-bond acceptors (Lipinski definition) is 4. The van der Waals surface area contributed by atoms with Crippen molar-refractivity contribution >= 4 is 0 Å². The quantitative estimate of drug-likeness (QED) is 0.769. The van der Waals surface area contributed by atoms with Gasteiger partial charge in [-0.3, -0.25) is 4.90 Å². The van der Waals surface area contributed by atoms with Crippen LogP contribution < -0.4 is 4.74 Å². The fourth-order valence-electron chi connectivity index (χ4n) is 1.61. The smallest absolute Gasteiger partial charge is 0.123 e. The second-order valence-corrected chi connectivity index (χ2v) is 3.89. The van der Waals surface area contributed by atoms with E-state index in [1.807, 2.05) is 0 Å². The van der Waals surface area contributed by atoms with Crippen molar-refractivity contribution in [3.63, 3.8) is 0 Å². The van der Waals surface area contributed by atoms with Crippen LogP contribution in [0, 0.1) is 5.82 Å². The molecule has 0 saturated carbocycles. The highest BCUT2D eigenvalue weighted by atomic mass is 19.1. The van der Waals surface area contributed by atoms with Gasteiger partial charge in [0.05, 0.1) is 26.4 Å². The number of ether oxygens (including phenoxy) is 1. The second-order valence-electron chi connectivity index (χ2n) is 3.89. The molecule has 1 aromatic rings. The highest BCUT2D eigenvalue weighted by Crippen LogP contribution is 2.21. The average molecular weight is 243 g/mol. The van der Waals surface area contributed by atoms with Crippen LogP contribution in [0.15, 0.2) is 18.2 Å². The Morgan fingerprint density at radius 3 is 2.53 bits per heavy atom. The van der Waals surface area contributed by atoms with Crippen molar-refractivity contribution in [3.05, 3.63) is 29.6 Å². The Kier molecular flexibility index (Phi) is 5.34. The number of hydrogen-bond donors (Lipinski definition) is 2. The van der Waals surface area contributed by atoms with Gasteiger partial charge in [0, 0.05) is 12.1 Å². The van der Waals surface area contributed by atoms with E-state index in [0.717, 1.165) is 0 Å². The van der Waals surface area contributed by atoms with E-state index in [1.54, 1.807) is 18.0 Å². The molecule has 0 saturated heterocycles. The van der Waals surface area contributed by atoms with Crippen molar-refractivity contribution in [3.8, 4) is 5.75 Å².